The van der Waals surface area contributed by atoms with Gasteiger partial charge < -0.3 is 10.0 Å². The zero-order valence-electron chi connectivity index (χ0n) is 12.8. The number of aromatic nitrogens is 2. The van der Waals surface area contributed by atoms with Crippen molar-refractivity contribution in [1.29, 1.82) is 0 Å². The van der Waals surface area contributed by atoms with E-state index in [1.54, 1.807) is 4.90 Å². The fourth-order valence-electron chi connectivity index (χ4n) is 2.77. The second-order valence-electron chi connectivity index (χ2n) is 6.23. The first-order valence-corrected chi connectivity index (χ1v) is 7.92. The molecule has 0 radical (unpaired) electrons. The molecule has 0 saturated carbocycles. The molecule has 1 saturated heterocycles. The van der Waals surface area contributed by atoms with Crippen molar-refractivity contribution in [2.45, 2.75) is 40.0 Å². The second kappa shape index (κ2) is 5.71. The number of carboxylic acids is 1. The van der Waals surface area contributed by atoms with Gasteiger partial charge in [0.05, 0.1) is 11.1 Å². The lowest BCUT2D eigenvalue weighted by Crippen LogP contribution is -2.40. The number of carboxylic acid groups (broad SMARTS) is 1. The first-order valence-electron chi connectivity index (χ1n) is 7.14. The van der Waals surface area contributed by atoms with Gasteiger partial charge in [0.2, 0.25) is 0 Å². The van der Waals surface area contributed by atoms with Crippen LogP contribution in [0.5, 0.6) is 0 Å². The minimum atomic E-state index is -0.841. The number of hydrogen-bond donors (Lipinski definition) is 1. The molecule has 1 aromatic rings. The Bertz CT molecular complexity index is 555. The van der Waals surface area contributed by atoms with Crippen molar-refractivity contribution in [2.75, 3.05) is 13.1 Å². The minimum absolute atomic E-state index is 0.0167. The molecular formula is C14H21N3O3S. The Morgan fingerprint density at radius 3 is 2.48 bits per heavy atom. The third kappa shape index (κ3) is 2.66. The summed E-state index contributed by atoms with van der Waals surface area (Å²) in [6, 6.07) is 0. The molecule has 1 atom stereocenters. The van der Waals surface area contributed by atoms with Crippen LogP contribution in [0.1, 0.15) is 55.4 Å². The molecule has 116 valence electrons. The Kier molecular flexibility index (Phi) is 4.32. The molecule has 2 rings (SSSR count). The fraction of sp³-hybridized carbons (Fsp3) is 0.714. The van der Waals surface area contributed by atoms with Gasteiger partial charge in [0, 0.05) is 13.1 Å². The lowest BCUT2D eigenvalue weighted by atomic mass is 9.76. The topological polar surface area (TPSA) is 83.4 Å². The number of rotatable bonds is 4. The van der Waals surface area contributed by atoms with Crippen molar-refractivity contribution in [2.24, 2.45) is 11.3 Å². The molecule has 0 bridgehead atoms. The summed E-state index contributed by atoms with van der Waals surface area (Å²) in [4.78, 5) is 26.4. The van der Waals surface area contributed by atoms with Crippen LogP contribution in [0.25, 0.3) is 0 Å². The van der Waals surface area contributed by atoms with Crippen LogP contribution in [0.15, 0.2) is 0 Å². The van der Waals surface area contributed by atoms with Crippen molar-refractivity contribution in [3.63, 3.8) is 0 Å². The van der Waals surface area contributed by atoms with Crippen LogP contribution in [-0.4, -0.2) is 44.6 Å². The molecular weight excluding hydrogens is 290 g/mol. The van der Waals surface area contributed by atoms with E-state index in [4.69, 9.17) is 0 Å². The third-order valence-electron chi connectivity index (χ3n) is 4.37. The van der Waals surface area contributed by atoms with Gasteiger partial charge in [0.25, 0.3) is 5.91 Å². The van der Waals surface area contributed by atoms with E-state index in [1.165, 1.54) is 0 Å². The maximum absolute atomic E-state index is 12.6. The second-order valence-corrected chi connectivity index (χ2v) is 6.99. The highest BCUT2D eigenvalue weighted by atomic mass is 32.1. The number of nitrogens with zero attached hydrogens (tertiary/aromatic N) is 3. The minimum Gasteiger partial charge on any atom is -0.481 e. The molecule has 7 heteroatoms. The standard InChI is InChI=1S/C14H21N3O3S/c1-8(2)10-11(21-16-15-10)12(18)17-6-5-14(7-17,9(3)4)13(19)20/h8-9H,5-7H2,1-4H3,(H,19,20). The highest BCUT2D eigenvalue weighted by Gasteiger charge is 2.49. The van der Waals surface area contributed by atoms with Gasteiger partial charge in [-0.2, -0.15) is 0 Å². The molecule has 21 heavy (non-hydrogen) atoms. The summed E-state index contributed by atoms with van der Waals surface area (Å²) in [6.45, 7) is 8.46. The number of amides is 1. The summed E-state index contributed by atoms with van der Waals surface area (Å²) < 4.78 is 3.87. The molecule has 1 amide bonds. The van der Waals surface area contributed by atoms with Crippen LogP contribution >= 0.6 is 11.5 Å². The zero-order valence-corrected chi connectivity index (χ0v) is 13.6. The normalized spacial score (nSPS) is 22.3. The van der Waals surface area contributed by atoms with E-state index in [1.807, 2.05) is 27.7 Å². The van der Waals surface area contributed by atoms with Crippen molar-refractivity contribution < 1.29 is 14.7 Å². The third-order valence-corrected chi connectivity index (χ3v) is 5.10. The average molecular weight is 311 g/mol. The molecule has 2 heterocycles. The maximum atomic E-state index is 12.6. The molecule has 1 unspecified atom stereocenters. The molecule has 0 spiro atoms. The summed E-state index contributed by atoms with van der Waals surface area (Å²) in [6.07, 6.45) is 0.495. The van der Waals surface area contributed by atoms with E-state index >= 15 is 0 Å². The van der Waals surface area contributed by atoms with E-state index < -0.39 is 11.4 Å². The highest BCUT2D eigenvalue weighted by Crippen LogP contribution is 2.39. The Labute approximate surface area is 128 Å². The largest absolute Gasteiger partial charge is 0.481 e. The molecule has 1 aromatic heterocycles. The smallest absolute Gasteiger partial charge is 0.311 e. The van der Waals surface area contributed by atoms with Gasteiger partial charge in [0.15, 0.2) is 0 Å². The Morgan fingerprint density at radius 1 is 1.33 bits per heavy atom. The van der Waals surface area contributed by atoms with Crippen molar-refractivity contribution in [3.05, 3.63) is 10.6 Å². The van der Waals surface area contributed by atoms with Gasteiger partial charge in [-0.1, -0.05) is 32.2 Å². The van der Waals surface area contributed by atoms with Crippen LogP contribution in [-0.2, 0) is 4.79 Å². The van der Waals surface area contributed by atoms with Crippen molar-refractivity contribution >= 4 is 23.4 Å². The lowest BCUT2D eigenvalue weighted by molar-refractivity contribution is -0.150. The van der Waals surface area contributed by atoms with Crippen molar-refractivity contribution in [3.8, 4) is 0 Å². The van der Waals surface area contributed by atoms with Crippen LogP contribution in [0, 0.1) is 11.3 Å². The van der Waals surface area contributed by atoms with Crippen molar-refractivity contribution in [1.82, 2.24) is 14.5 Å². The number of aliphatic carboxylic acids is 1. The predicted octanol–water partition coefficient (Wildman–Crippen LogP) is 2.23. The summed E-state index contributed by atoms with van der Waals surface area (Å²) in [5.41, 5.74) is -0.145. The fourth-order valence-corrected chi connectivity index (χ4v) is 3.55. The molecule has 0 aromatic carbocycles. The SMILES string of the molecule is CC(C)c1nnsc1C(=O)N1CCC(C(=O)O)(C(C)C)C1. The molecule has 1 aliphatic rings. The lowest BCUT2D eigenvalue weighted by Gasteiger charge is -2.28. The number of likely N-dealkylation sites (tertiary alicyclic amines) is 1. The van der Waals surface area contributed by atoms with E-state index in [9.17, 15) is 14.7 Å². The molecule has 1 fully saturated rings. The monoisotopic (exact) mass is 311 g/mol. The van der Waals surface area contributed by atoms with E-state index in [0.29, 0.717) is 23.5 Å². The Balaban J connectivity index is 2.23. The summed E-state index contributed by atoms with van der Waals surface area (Å²) >= 11 is 1.09. The van der Waals surface area contributed by atoms with Crippen LogP contribution in [0.2, 0.25) is 0 Å². The number of carbonyl (C=O) groups excluding carboxylic acids is 1. The molecule has 0 aliphatic carbocycles. The van der Waals surface area contributed by atoms with Gasteiger partial charge in [-0.15, -0.1) is 5.10 Å². The van der Waals surface area contributed by atoms with Gasteiger partial charge >= 0.3 is 5.97 Å². The maximum Gasteiger partial charge on any atom is 0.311 e. The predicted molar refractivity (Wildman–Crippen MR) is 79.4 cm³/mol. The summed E-state index contributed by atoms with van der Waals surface area (Å²) in [7, 11) is 0. The summed E-state index contributed by atoms with van der Waals surface area (Å²) in [5.74, 6) is -0.853. The van der Waals surface area contributed by atoms with Crippen LogP contribution in [0.4, 0.5) is 0 Å². The van der Waals surface area contributed by atoms with E-state index in [0.717, 1.165) is 11.5 Å². The highest BCUT2D eigenvalue weighted by molar-refractivity contribution is 7.08. The summed E-state index contributed by atoms with van der Waals surface area (Å²) in [5, 5.41) is 13.6. The van der Waals surface area contributed by atoms with Gasteiger partial charge in [0.1, 0.15) is 4.88 Å². The number of hydrogen-bond acceptors (Lipinski definition) is 5. The van der Waals surface area contributed by atoms with E-state index in [-0.39, 0.29) is 24.3 Å². The number of carbonyl (C=O) groups is 2. The van der Waals surface area contributed by atoms with Gasteiger partial charge in [-0.25, -0.2) is 0 Å². The molecule has 1 N–H and O–H groups in total. The molecule has 1 aliphatic heterocycles. The first kappa shape index (κ1) is 15.9. The van der Waals surface area contributed by atoms with Gasteiger partial charge in [-0.3, -0.25) is 9.59 Å². The first-order chi connectivity index (χ1) is 9.79. The molecule has 6 nitrogen and oxygen atoms in total. The average Bonchev–Trinajstić information content (AvgIpc) is 3.05. The van der Waals surface area contributed by atoms with Crippen LogP contribution < -0.4 is 0 Å². The van der Waals surface area contributed by atoms with E-state index in [2.05, 4.69) is 9.59 Å². The quantitative estimate of drug-likeness (QED) is 0.922. The van der Waals surface area contributed by atoms with Crippen LogP contribution in [0.3, 0.4) is 0 Å². The Morgan fingerprint density at radius 2 is 2.00 bits per heavy atom. The zero-order chi connectivity index (χ0) is 15.8. The Hall–Kier alpha value is -1.50. The van der Waals surface area contributed by atoms with Gasteiger partial charge in [-0.05, 0) is 29.8 Å².